The first kappa shape index (κ1) is 19.0. The van der Waals surface area contributed by atoms with Crippen molar-refractivity contribution in [1.29, 1.82) is 0 Å². The number of aromatic nitrogens is 3. The standard InChI is InChI=1S/C21H20Cl2N4O/c22-15-5-6-19(23)18(11-15)21(28)25-13-16-12-20(14-7-9-24-10-8-14)27(26-16)17-3-1-2-4-17/h5-12,17H,1-4,13H2,(H,25,28). The molecule has 144 valence electrons. The van der Waals surface area contributed by atoms with Crippen LogP contribution in [0.1, 0.15) is 47.8 Å². The Balaban J connectivity index is 1.56. The summed E-state index contributed by atoms with van der Waals surface area (Å²) in [5.74, 6) is -0.270. The SMILES string of the molecule is O=C(NCc1cc(-c2ccncc2)n(C2CCCC2)n1)c1cc(Cl)ccc1Cl. The van der Waals surface area contributed by atoms with Crippen LogP contribution in [0.4, 0.5) is 0 Å². The van der Waals surface area contributed by atoms with Crippen LogP contribution >= 0.6 is 23.2 Å². The maximum atomic E-state index is 12.5. The highest BCUT2D eigenvalue weighted by Crippen LogP contribution is 2.33. The summed E-state index contributed by atoms with van der Waals surface area (Å²) in [4.78, 5) is 16.6. The summed E-state index contributed by atoms with van der Waals surface area (Å²) in [7, 11) is 0. The second-order valence-corrected chi connectivity index (χ2v) is 7.79. The molecular formula is C21H20Cl2N4O. The van der Waals surface area contributed by atoms with Gasteiger partial charge < -0.3 is 5.32 Å². The van der Waals surface area contributed by atoms with Gasteiger partial charge in [-0.3, -0.25) is 14.5 Å². The Bertz CT molecular complexity index is 981. The summed E-state index contributed by atoms with van der Waals surface area (Å²) in [5.41, 5.74) is 3.30. The first-order valence-electron chi connectivity index (χ1n) is 9.34. The van der Waals surface area contributed by atoms with Crippen LogP contribution in [0.2, 0.25) is 10.0 Å². The third-order valence-electron chi connectivity index (χ3n) is 5.04. The summed E-state index contributed by atoms with van der Waals surface area (Å²) in [6, 6.07) is 11.2. The van der Waals surface area contributed by atoms with E-state index in [1.807, 2.05) is 18.2 Å². The van der Waals surface area contributed by atoms with Gasteiger partial charge in [-0.1, -0.05) is 36.0 Å². The van der Waals surface area contributed by atoms with Crippen molar-refractivity contribution in [1.82, 2.24) is 20.1 Å². The molecule has 2 heterocycles. The van der Waals surface area contributed by atoms with Gasteiger partial charge in [0.1, 0.15) is 0 Å². The van der Waals surface area contributed by atoms with E-state index in [9.17, 15) is 4.79 Å². The third kappa shape index (κ3) is 4.05. The lowest BCUT2D eigenvalue weighted by atomic mass is 10.1. The van der Waals surface area contributed by atoms with Crippen molar-refractivity contribution in [3.05, 3.63) is 70.1 Å². The van der Waals surface area contributed by atoms with Gasteiger partial charge in [0.25, 0.3) is 5.91 Å². The Labute approximate surface area is 173 Å². The Morgan fingerprint density at radius 2 is 1.86 bits per heavy atom. The first-order valence-corrected chi connectivity index (χ1v) is 10.1. The molecule has 0 atom stereocenters. The minimum absolute atomic E-state index is 0.270. The van der Waals surface area contributed by atoms with Crippen molar-refractivity contribution < 1.29 is 4.79 Å². The Hall–Kier alpha value is -2.37. The number of hydrogen-bond acceptors (Lipinski definition) is 3. The summed E-state index contributed by atoms with van der Waals surface area (Å²) < 4.78 is 2.11. The molecule has 5 nitrogen and oxygen atoms in total. The number of pyridine rings is 1. The highest BCUT2D eigenvalue weighted by molar-refractivity contribution is 6.35. The molecule has 28 heavy (non-hydrogen) atoms. The molecule has 0 saturated heterocycles. The number of amides is 1. The van der Waals surface area contributed by atoms with Crippen molar-refractivity contribution in [3.8, 4) is 11.3 Å². The average molecular weight is 415 g/mol. The van der Waals surface area contributed by atoms with E-state index in [1.165, 1.54) is 12.8 Å². The second-order valence-electron chi connectivity index (χ2n) is 6.95. The highest BCUT2D eigenvalue weighted by Gasteiger charge is 2.22. The quantitative estimate of drug-likeness (QED) is 0.616. The van der Waals surface area contributed by atoms with Crippen LogP contribution in [-0.4, -0.2) is 20.7 Å². The van der Waals surface area contributed by atoms with E-state index in [-0.39, 0.29) is 5.91 Å². The van der Waals surface area contributed by atoms with Gasteiger partial charge >= 0.3 is 0 Å². The zero-order valence-electron chi connectivity index (χ0n) is 15.2. The molecule has 7 heteroatoms. The van der Waals surface area contributed by atoms with Gasteiger partial charge in [0.15, 0.2) is 0 Å². The number of halogens is 2. The minimum Gasteiger partial charge on any atom is -0.346 e. The summed E-state index contributed by atoms with van der Waals surface area (Å²) in [5, 5.41) is 8.54. The van der Waals surface area contributed by atoms with E-state index in [0.717, 1.165) is 29.8 Å². The zero-order valence-corrected chi connectivity index (χ0v) is 16.7. The van der Waals surface area contributed by atoms with Crippen LogP contribution in [0.3, 0.4) is 0 Å². The molecule has 1 amide bonds. The summed E-state index contributed by atoms with van der Waals surface area (Å²) in [6.45, 7) is 0.319. The number of rotatable bonds is 5. The van der Waals surface area contributed by atoms with Gasteiger partial charge in [-0.25, -0.2) is 0 Å². The van der Waals surface area contributed by atoms with Gasteiger partial charge in [0.05, 0.1) is 34.6 Å². The number of nitrogens with zero attached hydrogens (tertiary/aromatic N) is 3. The molecule has 0 aliphatic heterocycles. The van der Waals surface area contributed by atoms with Gasteiger partial charge in [-0.05, 0) is 49.2 Å². The molecule has 1 aliphatic rings. The molecule has 1 aromatic carbocycles. The topological polar surface area (TPSA) is 59.8 Å². The van der Waals surface area contributed by atoms with E-state index in [0.29, 0.717) is 28.2 Å². The molecule has 1 aliphatic carbocycles. The second kappa shape index (κ2) is 8.33. The van der Waals surface area contributed by atoms with Crippen LogP contribution in [0.25, 0.3) is 11.3 Å². The number of benzene rings is 1. The van der Waals surface area contributed by atoms with Crippen LogP contribution in [-0.2, 0) is 6.54 Å². The van der Waals surface area contributed by atoms with Crippen molar-refractivity contribution in [3.63, 3.8) is 0 Å². The molecule has 0 bridgehead atoms. The molecule has 0 unspecified atom stereocenters. The van der Waals surface area contributed by atoms with Crippen LogP contribution in [0, 0.1) is 0 Å². The smallest absolute Gasteiger partial charge is 0.253 e. The lowest BCUT2D eigenvalue weighted by molar-refractivity contribution is 0.0950. The third-order valence-corrected chi connectivity index (χ3v) is 5.60. The lowest BCUT2D eigenvalue weighted by Crippen LogP contribution is -2.23. The Morgan fingerprint density at radius 1 is 1.11 bits per heavy atom. The Morgan fingerprint density at radius 3 is 2.61 bits per heavy atom. The van der Waals surface area contributed by atoms with Gasteiger partial charge in [-0.2, -0.15) is 5.10 Å². The highest BCUT2D eigenvalue weighted by atomic mass is 35.5. The van der Waals surface area contributed by atoms with E-state index >= 15 is 0 Å². The Kier molecular flexibility index (Phi) is 5.64. The monoisotopic (exact) mass is 414 g/mol. The fourth-order valence-corrected chi connectivity index (χ4v) is 4.01. The summed E-state index contributed by atoms with van der Waals surface area (Å²) >= 11 is 12.1. The van der Waals surface area contributed by atoms with Crippen molar-refractivity contribution in [2.75, 3.05) is 0 Å². The van der Waals surface area contributed by atoms with Crippen LogP contribution in [0.15, 0.2) is 48.8 Å². The molecule has 1 N–H and O–H groups in total. The predicted octanol–water partition coefficient (Wildman–Crippen LogP) is 5.30. The normalized spacial score (nSPS) is 14.4. The lowest BCUT2D eigenvalue weighted by Gasteiger charge is -2.14. The molecule has 0 radical (unpaired) electrons. The molecule has 1 saturated carbocycles. The van der Waals surface area contributed by atoms with Crippen molar-refractivity contribution in [2.24, 2.45) is 0 Å². The van der Waals surface area contributed by atoms with Gasteiger partial charge in [0, 0.05) is 23.0 Å². The molecule has 3 aromatic rings. The molecule has 2 aromatic heterocycles. The molecule has 1 fully saturated rings. The molecule has 0 spiro atoms. The van der Waals surface area contributed by atoms with E-state index in [1.54, 1.807) is 30.6 Å². The number of carbonyl (C=O) groups excluding carboxylic acids is 1. The maximum absolute atomic E-state index is 12.5. The van der Waals surface area contributed by atoms with Gasteiger partial charge in [0.2, 0.25) is 0 Å². The number of hydrogen-bond donors (Lipinski definition) is 1. The fourth-order valence-electron chi connectivity index (χ4n) is 3.63. The van der Waals surface area contributed by atoms with E-state index in [2.05, 4.69) is 15.0 Å². The van der Waals surface area contributed by atoms with E-state index < -0.39 is 0 Å². The largest absolute Gasteiger partial charge is 0.346 e. The molecule has 4 rings (SSSR count). The van der Waals surface area contributed by atoms with E-state index in [4.69, 9.17) is 28.3 Å². The average Bonchev–Trinajstić information content (AvgIpc) is 3.38. The molecular weight excluding hydrogens is 395 g/mol. The van der Waals surface area contributed by atoms with Crippen molar-refractivity contribution in [2.45, 2.75) is 38.3 Å². The fraction of sp³-hybridized carbons (Fsp3) is 0.286. The van der Waals surface area contributed by atoms with Gasteiger partial charge in [-0.15, -0.1) is 0 Å². The zero-order chi connectivity index (χ0) is 19.5. The minimum atomic E-state index is -0.270. The first-order chi connectivity index (χ1) is 13.6. The maximum Gasteiger partial charge on any atom is 0.253 e. The van der Waals surface area contributed by atoms with Crippen molar-refractivity contribution >= 4 is 29.1 Å². The summed E-state index contributed by atoms with van der Waals surface area (Å²) in [6.07, 6.45) is 8.26. The number of carbonyl (C=O) groups is 1. The predicted molar refractivity (Wildman–Crippen MR) is 111 cm³/mol. The number of nitrogens with one attached hydrogen (secondary N) is 1. The van der Waals surface area contributed by atoms with Crippen LogP contribution < -0.4 is 5.32 Å². The van der Waals surface area contributed by atoms with Crippen LogP contribution in [0.5, 0.6) is 0 Å².